The maximum atomic E-state index is 13.8. The van der Waals surface area contributed by atoms with E-state index in [0.29, 0.717) is 0 Å². The molecule has 1 heterocycles. The first kappa shape index (κ1) is 20.8. The molecule has 0 saturated carbocycles. The summed E-state index contributed by atoms with van der Waals surface area (Å²) in [6.07, 6.45) is -3.85. The second-order valence-corrected chi connectivity index (χ2v) is 6.50. The minimum atomic E-state index is -5.02. The standard InChI is InChI=1S/C19H18F3N3O4/c1-29-23-12-18(26,19(20,21)22)16-11-24(10-13-5-3-2-4-6-13)17-9-14(25(27)28)7-8-15(16)17/h2-9,11,23,26H,10,12H2,1H3. The van der Waals surface area contributed by atoms with Gasteiger partial charge in [-0.15, -0.1) is 0 Å². The molecule has 1 atom stereocenters. The van der Waals surface area contributed by atoms with E-state index >= 15 is 0 Å². The zero-order valence-electron chi connectivity index (χ0n) is 15.3. The Kier molecular flexibility index (Phi) is 5.60. The molecule has 0 saturated heterocycles. The van der Waals surface area contributed by atoms with E-state index in [4.69, 9.17) is 0 Å². The summed E-state index contributed by atoms with van der Waals surface area (Å²) in [5.74, 6) is 0. The van der Waals surface area contributed by atoms with Gasteiger partial charge < -0.3 is 14.5 Å². The van der Waals surface area contributed by atoms with Gasteiger partial charge in [-0.2, -0.15) is 18.7 Å². The number of halogens is 3. The lowest BCUT2D eigenvalue weighted by Gasteiger charge is -2.30. The lowest BCUT2D eigenvalue weighted by molar-refractivity contribution is -0.384. The molecule has 154 valence electrons. The maximum absolute atomic E-state index is 13.8. The number of rotatable bonds is 7. The van der Waals surface area contributed by atoms with Crippen LogP contribution in [0.15, 0.2) is 54.7 Å². The molecule has 0 spiro atoms. The third-order valence-corrected chi connectivity index (χ3v) is 4.66. The third kappa shape index (κ3) is 3.95. The van der Waals surface area contributed by atoms with E-state index < -0.39 is 28.8 Å². The van der Waals surface area contributed by atoms with Crippen LogP contribution in [0, 0.1) is 10.1 Å². The fourth-order valence-corrected chi connectivity index (χ4v) is 3.16. The van der Waals surface area contributed by atoms with Gasteiger partial charge in [0.05, 0.1) is 24.1 Å². The van der Waals surface area contributed by atoms with Gasteiger partial charge in [-0.05, 0) is 11.6 Å². The molecule has 10 heteroatoms. The summed E-state index contributed by atoms with van der Waals surface area (Å²) >= 11 is 0. The smallest absolute Gasteiger partial charge is 0.375 e. The van der Waals surface area contributed by atoms with Gasteiger partial charge in [0.1, 0.15) is 0 Å². The fourth-order valence-electron chi connectivity index (χ4n) is 3.16. The van der Waals surface area contributed by atoms with E-state index in [1.54, 1.807) is 30.3 Å². The Morgan fingerprint density at radius 3 is 2.48 bits per heavy atom. The minimum absolute atomic E-state index is 0.0595. The molecule has 0 bridgehead atoms. The molecular weight excluding hydrogens is 391 g/mol. The number of benzene rings is 2. The number of hydrogen-bond acceptors (Lipinski definition) is 5. The van der Waals surface area contributed by atoms with Crippen molar-refractivity contribution >= 4 is 16.6 Å². The Morgan fingerprint density at radius 2 is 1.90 bits per heavy atom. The molecule has 29 heavy (non-hydrogen) atoms. The van der Waals surface area contributed by atoms with Gasteiger partial charge in [-0.1, -0.05) is 30.3 Å². The summed E-state index contributed by atoms with van der Waals surface area (Å²) in [7, 11) is 1.14. The monoisotopic (exact) mass is 409 g/mol. The zero-order chi connectivity index (χ0) is 21.2. The van der Waals surface area contributed by atoms with Crippen LogP contribution in [-0.4, -0.2) is 34.4 Å². The zero-order valence-corrected chi connectivity index (χ0v) is 15.3. The molecular formula is C19H18F3N3O4. The molecule has 2 N–H and O–H groups in total. The lowest BCUT2D eigenvalue weighted by Crippen LogP contribution is -2.49. The first-order valence-corrected chi connectivity index (χ1v) is 8.54. The first-order valence-electron chi connectivity index (χ1n) is 8.54. The molecule has 0 aliphatic heterocycles. The number of nitrogens with one attached hydrogen (secondary N) is 1. The highest BCUT2D eigenvalue weighted by Crippen LogP contribution is 2.43. The van der Waals surface area contributed by atoms with Crippen LogP contribution in [0.3, 0.4) is 0 Å². The highest BCUT2D eigenvalue weighted by atomic mass is 19.4. The van der Waals surface area contributed by atoms with Gasteiger partial charge in [0.25, 0.3) is 5.69 Å². The van der Waals surface area contributed by atoms with E-state index in [-0.39, 0.29) is 23.1 Å². The largest absolute Gasteiger partial charge is 0.422 e. The van der Waals surface area contributed by atoms with Crippen molar-refractivity contribution in [3.8, 4) is 0 Å². The number of nitro benzene ring substituents is 1. The lowest BCUT2D eigenvalue weighted by atomic mass is 9.92. The molecule has 2 aromatic carbocycles. The van der Waals surface area contributed by atoms with Gasteiger partial charge in [0, 0.05) is 35.8 Å². The maximum Gasteiger partial charge on any atom is 0.422 e. The average Bonchev–Trinajstić information content (AvgIpc) is 3.04. The summed E-state index contributed by atoms with van der Waals surface area (Å²) in [5, 5.41) is 21.8. The van der Waals surface area contributed by atoms with E-state index in [1.165, 1.54) is 22.9 Å². The SMILES string of the molecule is CONCC(O)(c1cn(Cc2ccccc2)c2cc([N+](=O)[O-])ccc12)C(F)(F)F. The minimum Gasteiger partial charge on any atom is -0.375 e. The van der Waals surface area contributed by atoms with Crippen molar-refractivity contribution in [2.45, 2.75) is 18.3 Å². The van der Waals surface area contributed by atoms with Crippen LogP contribution in [0.1, 0.15) is 11.1 Å². The topological polar surface area (TPSA) is 89.6 Å². The summed E-state index contributed by atoms with van der Waals surface area (Å²) < 4.78 is 42.9. The Bertz CT molecular complexity index is 1020. The van der Waals surface area contributed by atoms with E-state index in [1.807, 2.05) is 0 Å². The molecule has 0 aliphatic rings. The molecule has 1 aromatic heterocycles. The summed E-state index contributed by atoms with van der Waals surface area (Å²) in [5.41, 5.74) is -0.896. The molecule has 0 amide bonds. The number of alkyl halides is 3. The summed E-state index contributed by atoms with van der Waals surface area (Å²) in [6, 6.07) is 12.4. The van der Waals surface area contributed by atoms with Gasteiger partial charge in [0.15, 0.2) is 0 Å². The Labute approximate surface area is 163 Å². The summed E-state index contributed by atoms with van der Waals surface area (Å²) in [4.78, 5) is 15.0. The van der Waals surface area contributed by atoms with E-state index in [0.717, 1.165) is 18.7 Å². The average molecular weight is 409 g/mol. The normalized spacial score (nSPS) is 14.1. The molecule has 0 fully saturated rings. The van der Waals surface area contributed by atoms with Crippen LogP contribution in [0.5, 0.6) is 0 Å². The molecule has 3 aromatic rings. The van der Waals surface area contributed by atoms with Crippen molar-refractivity contribution in [3.63, 3.8) is 0 Å². The van der Waals surface area contributed by atoms with Crippen molar-refractivity contribution in [3.05, 3.63) is 76.0 Å². The van der Waals surface area contributed by atoms with Crippen molar-refractivity contribution in [2.24, 2.45) is 0 Å². The number of hydroxylamine groups is 1. The van der Waals surface area contributed by atoms with Crippen LogP contribution in [-0.2, 0) is 17.0 Å². The second kappa shape index (κ2) is 7.82. The summed E-state index contributed by atoms with van der Waals surface area (Å²) in [6.45, 7) is -0.779. The number of hydrogen-bond donors (Lipinski definition) is 2. The number of non-ortho nitro benzene ring substituents is 1. The van der Waals surface area contributed by atoms with Crippen molar-refractivity contribution in [1.82, 2.24) is 10.0 Å². The molecule has 1 unspecified atom stereocenters. The first-order chi connectivity index (χ1) is 13.7. The number of aromatic nitrogens is 1. The van der Waals surface area contributed by atoms with Crippen LogP contribution in [0.4, 0.5) is 18.9 Å². The second-order valence-electron chi connectivity index (χ2n) is 6.50. The van der Waals surface area contributed by atoms with Crippen molar-refractivity contribution in [1.29, 1.82) is 0 Å². The predicted molar refractivity (Wildman–Crippen MR) is 99.1 cm³/mol. The highest BCUT2D eigenvalue weighted by molar-refractivity contribution is 5.87. The van der Waals surface area contributed by atoms with Crippen LogP contribution in [0.25, 0.3) is 10.9 Å². The van der Waals surface area contributed by atoms with Crippen LogP contribution >= 0.6 is 0 Å². The Hall–Kier alpha value is -2.95. The van der Waals surface area contributed by atoms with Crippen LogP contribution < -0.4 is 5.48 Å². The Balaban J connectivity index is 2.22. The fraction of sp³-hybridized carbons (Fsp3) is 0.263. The molecule has 7 nitrogen and oxygen atoms in total. The van der Waals surface area contributed by atoms with Crippen LogP contribution in [0.2, 0.25) is 0 Å². The van der Waals surface area contributed by atoms with Gasteiger partial charge >= 0.3 is 6.18 Å². The number of aliphatic hydroxyl groups is 1. The van der Waals surface area contributed by atoms with Crippen molar-refractivity contribution < 1.29 is 28.0 Å². The quantitative estimate of drug-likeness (QED) is 0.461. The Morgan fingerprint density at radius 1 is 1.21 bits per heavy atom. The van der Waals surface area contributed by atoms with E-state index in [2.05, 4.69) is 10.3 Å². The number of nitrogens with zero attached hydrogens (tertiary/aromatic N) is 2. The van der Waals surface area contributed by atoms with Gasteiger partial charge in [-0.3, -0.25) is 10.1 Å². The number of nitro groups is 1. The third-order valence-electron chi connectivity index (χ3n) is 4.66. The molecule has 3 rings (SSSR count). The molecule has 0 radical (unpaired) electrons. The highest BCUT2D eigenvalue weighted by Gasteiger charge is 2.56. The number of fused-ring (bicyclic) bond motifs is 1. The van der Waals surface area contributed by atoms with Gasteiger partial charge in [-0.25, -0.2) is 0 Å². The molecule has 0 aliphatic carbocycles. The van der Waals surface area contributed by atoms with Crippen molar-refractivity contribution in [2.75, 3.05) is 13.7 Å². The predicted octanol–water partition coefficient (Wildman–Crippen LogP) is 3.50. The van der Waals surface area contributed by atoms with E-state index in [9.17, 15) is 28.4 Å². The van der Waals surface area contributed by atoms with Gasteiger partial charge in [0.2, 0.25) is 5.60 Å².